The van der Waals surface area contributed by atoms with Gasteiger partial charge in [0, 0.05) is 43.0 Å². The predicted molar refractivity (Wildman–Crippen MR) is 123 cm³/mol. The van der Waals surface area contributed by atoms with Crippen molar-refractivity contribution >= 4 is 35.0 Å². The third kappa shape index (κ3) is 4.96. The number of anilines is 2. The molecule has 0 aliphatic carbocycles. The van der Waals surface area contributed by atoms with E-state index < -0.39 is 0 Å². The SMILES string of the molecule is COc1ccc(N2CCN(C(=O)c3ccccc3NC(=O)C3=CSCCO3)CC2)cc1. The molecule has 0 aromatic heterocycles. The van der Waals surface area contributed by atoms with Crippen LogP contribution in [0.25, 0.3) is 0 Å². The fourth-order valence-corrected chi connectivity index (χ4v) is 4.20. The molecule has 1 saturated heterocycles. The summed E-state index contributed by atoms with van der Waals surface area (Å²) >= 11 is 1.54. The van der Waals surface area contributed by atoms with Crippen molar-refractivity contribution in [1.82, 2.24) is 4.90 Å². The first kappa shape index (κ1) is 21.1. The van der Waals surface area contributed by atoms with Crippen LogP contribution < -0.4 is 15.0 Å². The monoisotopic (exact) mass is 439 g/mol. The fraction of sp³-hybridized carbons (Fsp3) is 0.304. The number of nitrogens with one attached hydrogen (secondary N) is 1. The Labute approximate surface area is 186 Å². The quantitative estimate of drug-likeness (QED) is 0.772. The Balaban J connectivity index is 1.41. The van der Waals surface area contributed by atoms with Crippen molar-refractivity contribution in [1.29, 1.82) is 0 Å². The number of piperazine rings is 1. The van der Waals surface area contributed by atoms with Crippen molar-refractivity contribution in [2.75, 3.05) is 55.9 Å². The average molecular weight is 440 g/mol. The lowest BCUT2D eigenvalue weighted by molar-refractivity contribution is -0.116. The summed E-state index contributed by atoms with van der Waals surface area (Å²) in [6.45, 7) is 3.20. The molecule has 1 fully saturated rings. The highest BCUT2D eigenvalue weighted by Gasteiger charge is 2.25. The standard InChI is InChI=1S/C23H25N3O4S/c1-29-18-8-6-17(7-9-18)25-10-12-26(13-11-25)23(28)19-4-2-3-5-20(19)24-22(27)21-16-31-15-14-30-21/h2-9,16H,10-15H2,1H3,(H,24,27). The van der Waals surface area contributed by atoms with Crippen molar-refractivity contribution in [3.8, 4) is 5.75 Å². The van der Waals surface area contributed by atoms with Crippen LogP contribution >= 0.6 is 11.8 Å². The molecule has 1 N–H and O–H groups in total. The Bertz CT molecular complexity index is 969. The Hall–Kier alpha value is -3.13. The Morgan fingerprint density at radius 1 is 1.03 bits per heavy atom. The molecule has 2 aromatic carbocycles. The van der Waals surface area contributed by atoms with E-state index in [0.29, 0.717) is 30.9 Å². The molecular weight excluding hydrogens is 414 g/mol. The first-order chi connectivity index (χ1) is 15.2. The molecule has 0 radical (unpaired) electrons. The molecule has 162 valence electrons. The van der Waals surface area contributed by atoms with Gasteiger partial charge in [0.2, 0.25) is 0 Å². The van der Waals surface area contributed by atoms with Crippen LogP contribution in [-0.2, 0) is 9.53 Å². The van der Waals surface area contributed by atoms with Gasteiger partial charge >= 0.3 is 0 Å². The van der Waals surface area contributed by atoms with E-state index in [0.717, 1.165) is 30.3 Å². The van der Waals surface area contributed by atoms with E-state index in [1.807, 2.05) is 35.2 Å². The number of thioether (sulfide) groups is 1. The molecular formula is C23H25N3O4S. The summed E-state index contributed by atoms with van der Waals surface area (Å²) in [7, 11) is 1.65. The van der Waals surface area contributed by atoms with Crippen LogP contribution in [0.4, 0.5) is 11.4 Å². The van der Waals surface area contributed by atoms with E-state index in [-0.39, 0.29) is 17.6 Å². The number of methoxy groups -OCH3 is 1. The first-order valence-corrected chi connectivity index (χ1v) is 11.2. The zero-order valence-electron chi connectivity index (χ0n) is 17.4. The van der Waals surface area contributed by atoms with Crippen LogP contribution in [0.5, 0.6) is 5.75 Å². The number of rotatable bonds is 5. The van der Waals surface area contributed by atoms with Gasteiger partial charge in [-0.25, -0.2) is 0 Å². The molecule has 0 saturated carbocycles. The van der Waals surface area contributed by atoms with Crippen LogP contribution in [0.3, 0.4) is 0 Å². The highest BCUT2D eigenvalue weighted by atomic mass is 32.2. The number of carbonyl (C=O) groups is 2. The smallest absolute Gasteiger partial charge is 0.291 e. The molecule has 31 heavy (non-hydrogen) atoms. The fourth-order valence-electron chi connectivity index (χ4n) is 3.58. The van der Waals surface area contributed by atoms with Gasteiger partial charge in [-0.2, -0.15) is 0 Å². The number of ether oxygens (including phenoxy) is 2. The number of benzene rings is 2. The maximum absolute atomic E-state index is 13.2. The van der Waals surface area contributed by atoms with Gasteiger partial charge < -0.3 is 24.6 Å². The number of para-hydroxylation sites is 1. The summed E-state index contributed by atoms with van der Waals surface area (Å²) in [5.74, 6) is 1.51. The molecule has 4 rings (SSSR count). The molecule has 2 heterocycles. The minimum absolute atomic E-state index is 0.0850. The molecule has 7 nitrogen and oxygen atoms in total. The van der Waals surface area contributed by atoms with E-state index in [9.17, 15) is 9.59 Å². The Kier molecular flexibility index (Phi) is 6.66. The molecule has 2 aliphatic heterocycles. The second-order valence-corrected chi connectivity index (χ2v) is 8.16. The van der Waals surface area contributed by atoms with Gasteiger partial charge in [0.15, 0.2) is 5.76 Å². The Morgan fingerprint density at radius 3 is 2.45 bits per heavy atom. The minimum Gasteiger partial charge on any atom is -0.497 e. The topological polar surface area (TPSA) is 71.1 Å². The van der Waals surface area contributed by atoms with Crippen LogP contribution in [0, 0.1) is 0 Å². The third-order valence-electron chi connectivity index (χ3n) is 5.28. The van der Waals surface area contributed by atoms with E-state index >= 15 is 0 Å². The van der Waals surface area contributed by atoms with Gasteiger partial charge in [-0.3, -0.25) is 9.59 Å². The lowest BCUT2D eigenvalue weighted by atomic mass is 10.1. The van der Waals surface area contributed by atoms with Gasteiger partial charge in [0.05, 0.1) is 25.0 Å². The average Bonchev–Trinajstić information content (AvgIpc) is 2.84. The number of amides is 2. The van der Waals surface area contributed by atoms with Crippen molar-refractivity contribution in [3.63, 3.8) is 0 Å². The summed E-state index contributed by atoms with van der Waals surface area (Å²) < 4.78 is 10.6. The molecule has 2 amide bonds. The molecule has 2 aromatic rings. The van der Waals surface area contributed by atoms with E-state index in [4.69, 9.17) is 9.47 Å². The van der Waals surface area contributed by atoms with Crippen LogP contribution in [-0.4, -0.2) is 62.4 Å². The minimum atomic E-state index is -0.336. The van der Waals surface area contributed by atoms with E-state index in [1.54, 1.807) is 42.5 Å². The molecule has 2 aliphatic rings. The van der Waals surface area contributed by atoms with Gasteiger partial charge in [-0.05, 0) is 36.4 Å². The van der Waals surface area contributed by atoms with Crippen LogP contribution in [0.1, 0.15) is 10.4 Å². The highest BCUT2D eigenvalue weighted by molar-refractivity contribution is 8.02. The lowest BCUT2D eigenvalue weighted by Crippen LogP contribution is -2.49. The van der Waals surface area contributed by atoms with Crippen molar-refractivity contribution in [2.24, 2.45) is 0 Å². The van der Waals surface area contributed by atoms with Gasteiger partial charge in [-0.1, -0.05) is 12.1 Å². The predicted octanol–water partition coefficient (Wildman–Crippen LogP) is 3.20. The molecule has 0 spiro atoms. The maximum Gasteiger partial charge on any atom is 0.291 e. The highest BCUT2D eigenvalue weighted by Crippen LogP contribution is 2.24. The zero-order chi connectivity index (χ0) is 21.6. The van der Waals surface area contributed by atoms with Crippen LogP contribution in [0.15, 0.2) is 59.7 Å². The van der Waals surface area contributed by atoms with E-state index in [1.165, 1.54) is 0 Å². The molecule has 0 unspecified atom stereocenters. The van der Waals surface area contributed by atoms with Gasteiger partial charge in [0.25, 0.3) is 11.8 Å². The normalized spacial score (nSPS) is 16.2. The third-order valence-corrected chi connectivity index (χ3v) is 6.07. The Morgan fingerprint density at radius 2 is 1.77 bits per heavy atom. The molecule has 0 bridgehead atoms. The van der Waals surface area contributed by atoms with Crippen molar-refractivity contribution in [3.05, 3.63) is 65.3 Å². The number of nitrogens with zero attached hydrogens (tertiary/aromatic N) is 2. The van der Waals surface area contributed by atoms with E-state index in [2.05, 4.69) is 10.2 Å². The zero-order valence-corrected chi connectivity index (χ0v) is 18.2. The second-order valence-electron chi connectivity index (χ2n) is 7.18. The largest absolute Gasteiger partial charge is 0.497 e. The molecule has 0 atom stereocenters. The second kappa shape index (κ2) is 9.78. The van der Waals surface area contributed by atoms with Gasteiger partial charge in [-0.15, -0.1) is 11.8 Å². The summed E-state index contributed by atoms with van der Waals surface area (Å²) in [4.78, 5) is 29.8. The van der Waals surface area contributed by atoms with Gasteiger partial charge in [0.1, 0.15) is 5.75 Å². The molecule has 8 heteroatoms. The maximum atomic E-state index is 13.2. The summed E-state index contributed by atoms with van der Waals surface area (Å²) in [6.07, 6.45) is 0. The summed E-state index contributed by atoms with van der Waals surface area (Å²) in [6, 6.07) is 15.0. The number of hydrogen-bond acceptors (Lipinski definition) is 6. The lowest BCUT2D eigenvalue weighted by Gasteiger charge is -2.36. The number of carbonyl (C=O) groups excluding carboxylic acids is 2. The summed E-state index contributed by atoms with van der Waals surface area (Å²) in [5, 5.41) is 4.54. The number of hydrogen-bond donors (Lipinski definition) is 1. The first-order valence-electron chi connectivity index (χ1n) is 10.2. The summed E-state index contributed by atoms with van der Waals surface area (Å²) in [5.41, 5.74) is 2.09. The van der Waals surface area contributed by atoms with Crippen molar-refractivity contribution in [2.45, 2.75) is 0 Å². The van der Waals surface area contributed by atoms with Crippen molar-refractivity contribution < 1.29 is 19.1 Å². The van der Waals surface area contributed by atoms with Crippen LogP contribution in [0.2, 0.25) is 0 Å².